The van der Waals surface area contributed by atoms with Crippen LogP contribution in [0.4, 0.5) is 0 Å². The Morgan fingerprint density at radius 3 is 2.83 bits per heavy atom. The Balaban J connectivity index is 2.27. The molecule has 2 unspecified atom stereocenters. The Morgan fingerprint density at radius 1 is 1.44 bits per heavy atom. The molecule has 18 heavy (non-hydrogen) atoms. The van der Waals surface area contributed by atoms with Crippen LogP contribution in [0.3, 0.4) is 0 Å². The van der Waals surface area contributed by atoms with E-state index in [2.05, 4.69) is 43.9 Å². The van der Waals surface area contributed by atoms with E-state index in [1.54, 1.807) is 0 Å². The van der Waals surface area contributed by atoms with Gasteiger partial charge in [-0.2, -0.15) is 0 Å². The largest absolute Gasteiger partial charge is 0.480 e. The summed E-state index contributed by atoms with van der Waals surface area (Å²) in [5.74, 6) is -0.690. The lowest BCUT2D eigenvalue weighted by Crippen LogP contribution is -2.37. The van der Waals surface area contributed by atoms with Crippen molar-refractivity contribution in [3.63, 3.8) is 0 Å². The van der Waals surface area contributed by atoms with E-state index in [4.69, 9.17) is 0 Å². The highest BCUT2D eigenvalue weighted by atomic mass is 16.4. The van der Waals surface area contributed by atoms with Crippen LogP contribution in [0.15, 0.2) is 18.2 Å². The second-order valence-electron chi connectivity index (χ2n) is 5.27. The topological polar surface area (TPSA) is 40.5 Å². The van der Waals surface area contributed by atoms with Gasteiger partial charge >= 0.3 is 5.97 Å². The molecule has 1 aromatic carbocycles. The van der Waals surface area contributed by atoms with Crippen molar-refractivity contribution in [3.8, 4) is 0 Å². The average Bonchev–Trinajstić information content (AvgIpc) is 2.80. The summed E-state index contributed by atoms with van der Waals surface area (Å²) in [5, 5.41) is 9.26. The molecule has 1 fully saturated rings. The molecule has 1 heterocycles. The molecule has 3 heteroatoms. The number of nitrogens with zero attached hydrogens (tertiary/aromatic N) is 1. The number of likely N-dealkylation sites (tertiary alicyclic amines) is 1. The summed E-state index contributed by atoms with van der Waals surface area (Å²) in [7, 11) is 0. The van der Waals surface area contributed by atoms with E-state index < -0.39 is 5.97 Å². The quantitative estimate of drug-likeness (QED) is 0.892. The summed E-state index contributed by atoms with van der Waals surface area (Å²) in [5.41, 5.74) is 3.72. The molecule has 1 aromatic rings. The molecular weight excluding hydrogens is 226 g/mol. The maximum Gasteiger partial charge on any atom is 0.320 e. The molecule has 0 aromatic heterocycles. The lowest BCUT2D eigenvalue weighted by molar-refractivity contribution is -0.142. The number of hydrogen-bond acceptors (Lipinski definition) is 2. The van der Waals surface area contributed by atoms with E-state index in [0.29, 0.717) is 0 Å². The van der Waals surface area contributed by atoms with Crippen LogP contribution in [0.2, 0.25) is 0 Å². The number of rotatable bonds is 3. The van der Waals surface area contributed by atoms with Crippen molar-refractivity contribution in [1.82, 2.24) is 4.90 Å². The monoisotopic (exact) mass is 247 g/mol. The Kier molecular flexibility index (Phi) is 3.71. The molecule has 1 saturated heterocycles. The zero-order chi connectivity index (χ0) is 13.3. The van der Waals surface area contributed by atoms with E-state index in [-0.39, 0.29) is 12.1 Å². The van der Waals surface area contributed by atoms with Gasteiger partial charge in [0.2, 0.25) is 0 Å². The van der Waals surface area contributed by atoms with Crippen molar-refractivity contribution >= 4 is 5.97 Å². The maximum absolute atomic E-state index is 11.3. The highest BCUT2D eigenvalue weighted by Crippen LogP contribution is 2.31. The predicted molar refractivity (Wildman–Crippen MR) is 71.7 cm³/mol. The van der Waals surface area contributed by atoms with E-state index in [9.17, 15) is 9.90 Å². The molecule has 1 aliphatic heterocycles. The summed E-state index contributed by atoms with van der Waals surface area (Å²) in [6.07, 6.45) is 1.75. The molecule has 2 rings (SSSR count). The lowest BCUT2D eigenvalue weighted by Gasteiger charge is -2.29. The molecule has 98 valence electrons. The van der Waals surface area contributed by atoms with Crippen molar-refractivity contribution in [2.24, 2.45) is 0 Å². The molecular formula is C15H21NO2. The molecule has 0 saturated carbocycles. The molecule has 0 radical (unpaired) electrons. The summed E-state index contributed by atoms with van der Waals surface area (Å²) in [6, 6.07) is 6.25. The summed E-state index contributed by atoms with van der Waals surface area (Å²) in [4.78, 5) is 13.4. The van der Waals surface area contributed by atoms with Crippen molar-refractivity contribution in [3.05, 3.63) is 34.9 Å². The van der Waals surface area contributed by atoms with Crippen LogP contribution in [-0.4, -0.2) is 28.6 Å². The van der Waals surface area contributed by atoms with Crippen LogP contribution < -0.4 is 0 Å². The second kappa shape index (κ2) is 5.11. The zero-order valence-electron chi connectivity index (χ0n) is 11.3. The van der Waals surface area contributed by atoms with Gasteiger partial charge in [0.15, 0.2) is 0 Å². The molecule has 0 bridgehead atoms. The third-order valence-corrected chi connectivity index (χ3v) is 3.96. The third kappa shape index (κ3) is 2.41. The predicted octanol–water partition coefficient (Wildman–Crippen LogP) is 2.91. The third-order valence-electron chi connectivity index (χ3n) is 3.96. The molecule has 0 spiro atoms. The van der Waals surface area contributed by atoms with E-state index in [1.807, 2.05) is 0 Å². The minimum absolute atomic E-state index is 0.175. The Hall–Kier alpha value is -1.35. The van der Waals surface area contributed by atoms with Crippen LogP contribution in [0.25, 0.3) is 0 Å². The van der Waals surface area contributed by atoms with Crippen molar-refractivity contribution in [2.45, 2.75) is 45.7 Å². The van der Waals surface area contributed by atoms with Gasteiger partial charge in [0, 0.05) is 6.04 Å². The van der Waals surface area contributed by atoms with Gasteiger partial charge in [-0.1, -0.05) is 23.8 Å². The van der Waals surface area contributed by atoms with Gasteiger partial charge in [0.1, 0.15) is 6.04 Å². The summed E-state index contributed by atoms with van der Waals surface area (Å²) < 4.78 is 0. The first-order chi connectivity index (χ1) is 8.50. The number of carboxylic acid groups (broad SMARTS) is 1. The van der Waals surface area contributed by atoms with Crippen LogP contribution in [-0.2, 0) is 4.79 Å². The van der Waals surface area contributed by atoms with Gasteiger partial charge in [-0.3, -0.25) is 9.69 Å². The highest BCUT2D eigenvalue weighted by molar-refractivity contribution is 5.73. The smallest absolute Gasteiger partial charge is 0.320 e. The lowest BCUT2D eigenvalue weighted by atomic mass is 9.98. The normalized spacial score (nSPS) is 22.1. The number of carboxylic acids is 1. The van der Waals surface area contributed by atoms with E-state index in [1.165, 1.54) is 16.7 Å². The first kappa shape index (κ1) is 13.1. The Morgan fingerprint density at radius 2 is 2.17 bits per heavy atom. The fourth-order valence-corrected chi connectivity index (χ4v) is 2.91. The maximum atomic E-state index is 11.3. The fraction of sp³-hybridized carbons (Fsp3) is 0.533. The number of benzene rings is 1. The van der Waals surface area contributed by atoms with Gasteiger partial charge in [-0.05, 0) is 51.3 Å². The summed E-state index contributed by atoms with van der Waals surface area (Å²) in [6.45, 7) is 7.17. The van der Waals surface area contributed by atoms with Gasteiger partial charge in [0.05, 0.1) is 0 Å². The van der Waals surface area contributed by atoms with Crippen molar-refractivity contribution < 1.29 is 9.90 Å². The van der Waals surface area contributed by atoms with Gasteiger partial charge in [-0.15, -0.1) is 0 Å². The molecule has 0 amide bonds. The van der Waals surface area contributed by atoms with Crippen molar-refractivity contribution in [1.29, 1.82) is 0 Å². The SMILES string of the molecule is Cc1ccc(C)c(C(C)N2CCCC2C(=O)O)c1. The number of aryl methyl sites for hydroxylation is 2. The van der Waals surface area contributed by atoms with Crippen LogP contribution in [0.5, 0.6) is 0 Å². The molecule has 1 aliphatic rings. The second-order valence-corrected chi connectivity index (χ2v) is 5.27. The number of hydrogen-bond donors (Lipinski definition) is 1. The Labute approximate surface area is 108 Å². The standard InChI is InChI=1S/C15H21NO2/c1-10-6-7-11(2)13(9-10)12(3)16-8-4-5-14(16)15(17)18/h6-7,9,12,14H,4-5,8H2,1-3H3,(H,17,18). The average molecular weight is 247 g/mol. The number of carbonyl (C=O) groups is 1. The van der Waals surface area contributed by atoms with Crippen LogP contribution in [0, 0.1) is 13.8 Å². The Bertz CT molecular complexity index is 456. The zero-order valence-corrected chi connectivity index (χ0v) is 11.3. The van der Waals surface area contributed by atoms with Gasteiger partial charge < -0.3 is 5.11 Å². The van der Waals surface area contributed by atoms with Crippen LogP contribution in [0.1, 0.15) is 42.5 Å². The molecule has 0 aliphatic carbocycles. The summed E-state index contributed by atoms with van der Waals surface area (Å²) >= 11 is 0. The van der Waals surface area contributed by atoms with Crippen LogP contribution >= 0.6 is 0 Å². The molecule has 1 N–H and O–H groups in total. The highest BCUT2D eigenvalue weighted by Gasteiger charge is 2.34. The minimum Gasteiger partial charge on any atom is -0.480 e. The van der Waals surface area contributed by atoms with E-state index >= 15 is 0 Å². The minimum atomic E-state index is -0.690. The van der Waals surface area contributed by atoms with Gasteiger partial charge in [-0.25, -0.2) is 0 Å². The van der Waals surface area contributed by atoms with E-state index in [0.717, 1.165) is 19.4 Å². The van der Waals surface area contributed by atoms with Crippen molar-refractivity contribution in [2.75, 3.05) is 6.54 Å². The number of aliphatic carboxylic acids is 1. The van der Waals surface area contributed by atoms with Gasteiger partial charge in [0.25, 0.3) is 0 Å². The fourth-order valence-electron chi connectivity index (χ4n) is 2.91. The first-order valence-electron chi connectivity index (χ1n) is 6.56. The molecule has 2 atom stereocenters. The first-order valence-corrected chi connectivity index (χ1v) is 6.56. The molecule has 3 nitrogen and oxygen atoms in total.